The Labute approximate surface area is 404 Å². The number of benzene rings is 2. The standard InChI is InChI=1S/C21H28N2O6.C14H17NO5.C7H13NO2.C5H9ClO.ClH/c1-14(24)9-10-18(15(2)25)22-20(27)12-11-19(16(3)26)23-21(28)29-13-17-7-5-4-6-8-17;1-10(16)12(7-8-13(17)18)15-14(19)20-9-11-5-3-2-4-6-11;1-5(9)3-4-7(8)6(2)10;1-4(2)3-5(6)7;/h4-8,18-19H,9-13H2,1-3H3,(H,22,27)(H,23,28);2-6,12H,7-9H2,1H3,(H,15,19)(H,17,18);7H,3-4,8H2,1-2H3;4H,3H2,1-2H3;1H/t18-,19-;12-;7-;;/m000../s1. The Hall–Kier alpha value is -5.85. The fourth-order valence-corrected chi connectivity index (χ4v) is 5.31. The zero-order valence-electron chi connectivity index (χ0n) is 39.7. The summed E-state index contributed by atoms with van der Waals surface area (Å²) in [6.07, 6.45) is 0.337. The van der Waals surface area contributed by atoms with E-state index in [2.05, 4.69) is 21.7 Å². The van der Waals surface area contributed by atoms with Crippen LogP contribution in [0.4, 0.5) is 9.59 Å². The van der Waals surface area contributed by atoms with E-state index in [4.69, 9.17) is 26.2 Å². The molecule has 0 aromatic heterocycles. The van der Waals surface area contributed by atoms with Gasteiger partial charge in [-0.05, 0) is 82.5 Å². The van der Waals surface area contributed by atoms with Crippen molar-refractivity contribution in [1.82, 2.24) is 16.0 Å². The first-order valence-electron chi connectivity index (χ1n) is 21.3. The molecule has 0 heterocycles. The van der Waals surface area contributed by atoms with Crippen LogP contribution in [0.25, 0.3) is 0 Å². The zero-order chi connectivity index (χ0) is 50.8. The number of carbonyl (C=O) groups is 11. The molecule has 2 aromatic carbocycles. The molecule has 0 saturated heterocycles. The molecular weight excluding hydrogens is 915 g/mol. The number of carboxylic acids is 1. The number of nitrogens with one attached hydrogen (secondary N) is 3. The lowest BCUT2D eigenvalue weighted by Gasteiger charge is -2.18. The van der Waals surface area contributed by atoms with E-state index in [-0.39, 0.29) is 110 Å². The Morgan fingerprint density at radius 1 is 0.552 bits per heavy atom. The predicted molar refractivity (Wildman–Crippen MR) is 245 cm³/mol. The van der Waals surface area contributed by atoms with E-state index in [1.807, 2.05) is 50.2 Å². The summed E-state index contributed by atoms with van der Waals surface area (Å²) >= 11 is 5.03. The lowest BCUT2D eigenvalue weighted by atomic mass is 10.0. The molecule has 18 nitrogen and oxygen atoms in total. The van der Waals surface area contributed by atoms with E-state index in [0.717, 1.165) is 11.1 Å². The van der Waals surface area contributed by atoms with Gasteiger partial charge in [0.05, 0.1) is 18.1 Å². The van der Waals surface area contributed by atoms with Crippen LogP contribution < -0.4 is 34.1 Å². The summed E-state index contributed by atoms with van der Waals surface area (Å²) in [6, 6.07) is 15.5. The van der Waals surface area contributed by atoms with Crippen LogP contribution in [0.5, 0.6) is 0 Å². The Morgan fingerprint density at radius 2 is 0.910 bits per heavy atom. The van der Waals surface area contributed by atoms with E-state index in [1.54, 1.807) is 24.3 Å². The van der Waals surface area contributed by atoms with Crippen LogP contribution in [0.1, 0.15) is 124 Å². The third kappa shape index (κ3) is 39.1. The van der Waals surface area contributed by atoms with Gasteiger partial charge in [0.1, 0.15) is 30.8 Å². The minimum atomic E-state index is -1.02. The van der Waals surface area contributed by atoms with Gasteiger partial charge in [-0.25, -0.2) is 9.59 Å². The maximum atomic E-state index is 12.1. The number of ether oxygens (including phenoxy) is 2. The third-order valence-electron chi connectivity index (χ3n) is 8.90. The second kappa shape index (κ2) is 38.3. The SMILES string of the molecule is CC(=O)CC[C@H](NC(=O)CC[C@H](NC(=O)OCc1ccccc1)C(C)=O)C(C)=O.CC(=O)CC[C@H]([NH3+])C(C)=O.CC(=O)[C@H](CCC(=O)O)NC(=O)OCc1ccccc1.CC(C)CC(=O)Cl.[Cl-]. The molecule has 0 unspecified atom stereocenters. The molecule has 67 heavy (non-hydrogen) atoms. The molecule has 2 aromatic rings. The largest absolute Gasteiger partial charge is 1.00 e. The molecule has 0 bridgehead atoms. The minimum Gasteiger partial charge on any atom is -1.00 e. The van der Waals surface area contributed by atoms with Gasteiger partial charge in [0, 0.05) is 45.4 Å². The van der Waals surface area contributed by atoms with Crippen LogP contribution in [-0.2, 0) is 65.8 Å². The fraction of sp³-hybridized carbons (Fsp3) is 0.511. The van der Waals surface area contributed by atoms with Crippen LogP contribution in [0.3, 0.4) is 0 Å². The highest BCUT2D eigenvalue weighted by Gasteiger charge is 2.22. The summed E-state index contributed by atoms with van der Waals surface area (Å²) < 4.78 is 10.1. The maximum Gasteiger partial charge on any atom is 0.408 e. The smallest absolute Gasteiger partial charge is 0.408 e. The van der Waals surface area contributed by atoms with Gasteiger partial charge in [-0.1, -0.05) is 74.5 Å². The molecule has 374 valence electrons. The monoisotopic (exact) mass is 982 g/mol. The van der Waals surface area contributed by atoms with Crippen molar-refractivity contribution in [2.45, 2.75) is 151 Å². The van der Waals surface area contributed by atoms with E-state index >= 15 is 0 Å². The van der Waals surface area contributed by atoms with Crippen molar-refractivity contribution >= 4 is 75.6 Å². The molecule has 0 aliphatic carbocycles. The van der Waals surface area contributed by atoms with E-state index in [1.165, 1.54) is 41.5 Å². The molecule has 0 aliphatic heterocycles. The van der Waals surface area contributed by atoms with Gasteiger partial charge in [0.15, 0.2) is 23.1 Å². The molecule has 7 N–H and O–H groups in total. The van der Waals surface area contributed by atoms with Gasteiger partial charge < -0.3 is 58.3 Å². The number of alkyl carbamates (subject to hydrolysis) is 2. The summed E-state index contributed by atoms with van der Waals surface area (Å²) in [6.45, 7) is 12.5. The average molecular weight is 984 g/mol. The van der Waals surface area contributed by atoms with Gasteiger partial charge in [-0.2, -0.15) is 0 Å². The molecule has 2 rings (SSSR count). The number of hydrogen-bond donors (Lipinski definition) is 5. The van der Waals surface area contributed by atoms with Crippen molar-refractivity contribution < 1.29 is 85.5 Å². The van der Waals surface area contributed by atoms with Gasteiger partial charge in [-0.15, -0.1) is 0 Å². The van der Waals surface area contributed by atoms with Gasteiger partial charge in [0.2, 0.25) is 11.1 Å². The summed E-state index contributed by atoms with van der Waals surface area (Å²) in [5, 5.41) is 15.7. The highest BCUT2D eigenvalue weighted by atomic mass is 35.5. The first-order valence-corrected chi connectivity index (χ1v) is 21.7. The lowest BCUT2D eigenvalue weighted by molar-refractivity contribution is -0.403. The number of halogens is 2. The molecule has 4 atom stereocenters. The number of rotatable bonds is 25. The quantitative estimate of drug-likeness (QED) is 0.0892. The number of Topliss-reactive ketones (excluding diaryl/α,β-unsaturated/α-hetero) is 6. The van der Waals surface area contributed by atoms with Crippen LogP contribution in [-0.4, -0.2) is 93.3 Å². The number of carboxylic acid groups (broad SMARTS) is 1. The molecule has 0 spiro atoms. The van der Waals surface area contributed by atoms with Crippen molar-refractivity contribution in [3.05, 3.63) is 71.8 Å². The van der Waals surface area contributed by atoms with Crippen molar-refractivity contribution in [2.24, 2.45) is 5.92 Å². The molecule has 0 saturated carbocycles. The average Bonchev–Trinajstić information content (AvgIpc) is 3.23. The Balaban J connectivity index is -0.000000926. The number of quaternary nitrogens is 1. The maximum absolute atomic E-state index is 12.1. The van der Waals surface area contributed by atoms with Crippen LogP contribution in [0.15, 0.2) is 60.7 Å². The van der Waals surface area contributed by atoms with Crippen LogP contribution in [0.2, 0.25) is 0 Å². The lowest BCUT2D eigenvalue weighted by Crippen LogP contribution is -3.00. The molecule has 0 radical (unpaired) electrons. The summed E-state index contributed by atoms with van der Waals surface area (Å²) in [7, 11) is 0. The van der Waals surface area contributed by atoms with Gasteiger partial charge in [-0.3, -0.25) is 33.6 Å². The predicted octanol–water partition coefficient (Wildman–Crippen LogP) is 2.19. The first-order chi connectivity index (χ1) is 30.8. The van der Waals surface area contributed by atoms with Crippen LogP contribution in [0, 0.1) is 5.92 Å². The number of carbonyl (C=O) groups excluding carboxylic acids is 10. The normalized spacial score (nSPS) is 11.7. The van der Waals surface area contributed by atoms with Crippen molar-refractivity contribution in [3.8, 4) is 0 Å². The summed E-state index contributed by atoms with van der Waals surface area (Å²) in [4.78, 5) is 123. The van der Waals surface area contributed by atoms with E-state index in [9.17, 15) is 52.7 Å². The van der Waals surface area contributed by atoms with E-state index in [0.29, 0.717) is 25.2 Å². The van der Waals surface area contributed by atoms with Crippen molar-refractivity contribution in [3.63, 3.8) is 0 Å². The molecule has 0 fully saturated rings. The van der Waals surface area contributed by atoms with Crippen molar-refractivity contribution in [1.29, 1.82) is 0 Å². The molecule has 3 amide bonds. The topological polar surface area (TPSA) is 290 Å². The second-order valence-electron chi connectivity index (χ2n) is 15.7. The summed E-state index contributed by atoms with van der Waals surface area (Å²) in [5.74, 6) is -1.81. The number of ketones is 6. The molecule has 0 aliphatic rings. The van der Waals surface area contributed by atoms with Gasteiger partial charge >= 0.3 is 18.2 Å². The molecule has 20 heteroatoms. The Bertz CT molecular complexity index is 1880. The third-order valence-corrected chi connectivity index (χ3v) is 9.05. The summed E-state index contributed by atoms with van der Waals surface area (Å²) in [5.41, 5.74) is 5.24. The highest BCUT2D eigenvalue weighted by Crippen LogP contribution is 2.07. The van der Waals surface area contributed by atoms with E-state index < -0.39 is 42.2 Å². The highest BCUT2D eigenvalue weighted by molar-refractivity contribution is 6.63. The first kappa shape index (κ1) is 65.4. The number of aliphatic carboxylic acids is 1. The second-order valence-corrected chi connectivity index (χ2v) is 16.1. The minimum absolute atomic E-state index is 0. The van der Waals surface area contributed by atoms with Gasteiger partial charge in [0.25, 0.3) is 0 Å². The zero-order valence-corrected chi connectivity index (χ0v) is 41.2. The number of amides is 3. The Morgan fingerprint density at radius 3 is 1.22 bits per heavy atom. The fourth-order valence-electron chi connectivity index (χ4n) is 5.00. The van der Waals surface area contributed by atoms with Crippen molar-refractivity contribution in [2.75, 3.05) is 0 Å². The number of hydrogen-bond acceptors (Lipinski definition) is 13. The molecular formula is C47H68Cl2N4O14. The van der Waals surface area contributed by atoms with Crippen LogP contribution >= 0.6 is 11.6 Å². The Kier molecular flexibility index (Phi) is 37.4.